The van der Waals surface area contributed by atoms with Gasteiger partial charge in [0.05, 0.1) is 6.61 Å². The maximum absolute atomic E-state index is 11.9. The van der Waals surface area contributed by atoms with Gasteiger partial charge in [-0.15, -0.1) is 0 Å². The van der Waals surface area contributed by atoms with E-state index in [0.29, 0.717) is 19.7 Å². The molecular formula is C25H26N2O2. The van der Waals surface area contributed by atoms with E-state index >= 15 is 0 Å². The lowest BCUT2D eigenvalue weighted by atomic mass is 10.00. The normalized spacial score (nSPS) is 12.8. The summed E-state index contributed by atoms with van der Waals surface area (Å²) < 4.78 is 5.93. The first-order valence-corrected chi connectivity index (χ1v) is 10.2. The molecule has 4 heteroatoms. The predicted molar refractivity (Wildman–Crippen MR) is 117 cm³/mol. The van der Waals surface area contributed by atoms with E-state index in [0.717, 1.165) is 41.8 Å². The molecule has 0 bridgehead atoms. The van der Waals surface area contributed by atoms with Crippen LogP contribution >= 0.6 is 0 Å². The van der Waals surface area contributed by atoms with Crippen molar-refractivity contribution in [1.29, 1.82) is 0 Å². The summed E-state index contributed by atoms with van der Waals surface area (Å²) in [6.45, 7) is 2.13. The number of rotatable bonds is 8. The standard InChI is InChI=1S/C25H26N2O2/c28-25-24-12-11-22(17-21(24)13-14-26-25)27-18-20-8-4-10-23(16-20)29-15-5-9-19-6-2-1-3-7-19/h1-4,6-8,10-12,16-17,27H,5,9,13-15,18H2,(H,26,28). The molecule has 1 heterocycles. The zero-order valence-electron chi connectivity index (χ0n) is 16.5. The van der Waals surface area contributed by atoms with Crippen LogP contribution in [0, 0.1) is 0 Å². The number of fused-ring (bicyclic) bond motifs is 1. The van der Waals surface area contributed by atoms with Gasteiger partial charge in [0, 0.05) is 24.3 Å². The monoisotopic (exact) mass is 386 g/mol. The lowest BCUT2D eigenvalue weighted by Gasteiger charge is -2.17. The van der Waals surface area contributed by atoms with Gasteiger partial charge in [0.15, 0.2) is 0 Å². The number of hydrogen-bond acceptors (Lipinski definition) is 3. The third-order valence-electron chi connectivity index (χ3n) is 5.15. The first-order chi connectivity index (χ1) is 14.3. The van der Waals surface area contributed by atoms with Crippen molar-refractivity contribution in [3.63, 3.8) is 0 Å². The highest BCUT2D eigenvalue weighted by atomic mass is 16.5. The van der Waals surface area contributed by atoms with E-state index in [9.17, 15) is 4.79 Å². The molecule has 0 saturated heterocycles. The first-order valence-electron chi connectivity index (χ1n) is 10.2. The number of carbonyl (C=O) groups excluding carboxylic acids is 1. The van der Waals surface area contributed by atoms with Crippen LogP contribution in [0.15, 0.2) is 72.8 Å². The molecule has 0 spiro atoms. The van der Waals surface area contributed by atoms with Crippen LogP contribution in [-0.2, 0) is 19.4 Å². The highest BCUT2D eigenvalue weighted by Gasteiger charge is 2.16. The van der Waals surface area contributed by atoms with Crippen molar-refractivity contribution in [3.05, 3.63) is 95.1 Å². The predicted octanol–water partition coefficient (Wildman–Crippen LogP) is 4.60. The van der Waals surface area contributed by atoms with Crippen LogP contribution < -0.4 is 15.4 Å². The molecule has 0 saturated carbocycles. The minimum absolute atomic E-state index is 0.0231. The van der Waals surface area contributed by atoms with Gasteiger partial charge in [0.1, 0.15) is 5.75 Å². The van der Waals surface area contributed by atoms with Crippen molar-refractivity contribution >= 4 is 11.6 Å². The number of carbonyl (C=O) groups is 1. The maximum atomic E-state index is 11.9. The molecule has 3 aromatic rings. The lowest BCUT2D eigenvalue weighted by molar-refractivity contribution is 0.0946. The van der Waals surface area contributed by atoms with Gasteiger partial charge in [0.25, 0.3) is 5.91 Å². The van der Waals surface area contributed by atoms with Gasteiger partial charge >= 0.3 is 0 Å². The van der Waals surface area contributed by atoms with Crippen LogP contribution in [0.5, 0.6) is 5.75 Å². The number of benzene rings is 3. The summed E-state index contributed by atoms with van der Waals surface area (Å²) >= 11 is 0. The Hall–Kier alpha value is -3.27. The van der Waals surface area contributed by atoms with E-state index in [1.54, 1.807) is 0 Å². The lowest BCUT2D eigenvalue weighted by Crippen LogP contribution is -2.31. The molecule has 1 aliphatic heterocycles. The van der Waals surface area contributed by atoms with Gasteiger partial charge in [-0.05, 0) is 66.3 Å². The number of ether oxygens (including phenoxy) is 1. The van der Waals surface area contributed by atoms with E-state index in [1.807, 2.05) is 30.3 Å². The van der Waals surface area contributed by atoms with Gasteiger partial charge in [-0.3, -0.25) is 4.79 Å². The van der Waals surface area contributed by atoms with Crippen LogP contribution in [0.4, 0.5) is 5.69 Å². The summed E-state index contributed by atoms with van der Waals surface area (Å²) in [6.07, 6.45) is 2.90. The fourth-order valence-electron chi connectivity index (χ4n) is 3.60. The molecule has 0 unspecified atom stereocenters. The Balaban J connectivity index is 1.28. The average Bonchev–Trinajstić information content (AvgIpc) is 2.76. The van der Waals surface area contributed by atoms with E-state index in [4.69, 9.17) is 4.74 Å². The summed E-state index contributed by atoms with van der Waals surface area (Å²) in [5.74, 6) is 0.925. The van der Waals surface area contributed by atoms with Crippen LogP contribution in [0.3, 0.4) is 0 Å². The van der Waals surface area contributed by atoms with Crippen LogP contribution in [0.1, 0.15) is 33.5 Å². The minimum Gasteiger partial charge on any atom is -0.494 e. The molecule has 2 N–H and O–H groups in total. The molecule has 3 aromatic carbocycles. The van der Waals surface area contributed by atoms with Gasteiger partial charge in [-0.1, -0.05) is 42.5 Å². The highest BCUT2D eigenvalue weighted by Crippen LogP contribution is 2.20. The largest absolute Gasteiger partial charge is 0.494 e. The summed E-state index contributed by atoms with van der Waals surface area (Å²) in [6, 6.07) is 24.7. The van der Waals surface area contributed by atoms with Gasteiger partial charge < -0.3 is 15.4 Å². The van der Waals surface area contributed by atoms with E-state index in [-0.39, 0.29) is 5.91 Å². The quantitative estimate of drug-likeness (QED) is 0.557. The van der Waals surface area contributed by atoms with Crippen molar-refractivity contribution in [2.45, 2.75) is 25.8 Å². The molecule has 0 aromatic heterocycles. The Morgan fingerprint density at radius 3 is 2.69 bits per heavy atom. The van der Waals surface area contributed by atoms with Crippen molar-refractivity contribution in [2.75, 3.05) is 18.5 Å². The smallest absolute Gasteiger partial charge is 0.251 e. The highest BCUT2D eigenvalue weighted by molar-refractivity contribution is 5.97. The second kappa shape index (κ2) is 9.28. The number of hydrogen-bond donors (Lipinski definition) is 2. The van der Waals surface area contributed by atoms with E-state index in [2.05, 4.69) is 53.1 Å². The maximum Gasteiger partial charge on any atom is 0.251 e. The molecule has 1 amide bonds. The van der Waals surface area contributed by atoms with Crippen LogP contribution in [0.25, 0.3) is 0 Å². The zero-order valence-corrected chi connectivity index (χ0v) is 16.5. The number of nitrogens with one attached hydrogen (secondary N) is 2. The Labute approximate surface area is 171 Å². The summed E-state index contributed by atoms with van der Waals surface area (Å²) in [7, 11) is 0. The molecule has 29 heavy (non-hydrogen) atoms. The Kier molecular flexibility index (Phi) is 6.10. The Bertz CT molecular complexity index is 970. The molecule has 1 aliphatic rings. The second-order valence-electron chi connectivity index (χ2n) is 7.32. The van der Waals surface area contributed by atoms with Gasteiger partial charge in [0.2, 0.25) is 0 Å². The average molecular weight is 386 g/mol. The molecule has 148 valence electrons. The fraction of sp³-hybridized carbons (Fsp3) is 0.240. The fourth-order valence-corrected chi connectivity index (χ4v) is 3.60. The molecular weight excluding hydrogens is 360 g/mol. The molecule has 0 aliphatic carbocycles. The summed E-state index contributed by atoms with van der Waals surface area (Å²) in [4.78, 5) is 11.9. The summed E-state index contributed by atoms with van der Waals surface area (Å²) in [5, 5.41) is 6.33. The Morgan fingerprint density at radius 2 is 1.79 bits per heavy atom. The topological polar surface area (TPSA) is 50.4 Å². The zero-order chi connectivity index (χ0) is 19.9. The van der Waals surface area contributed by atoms with E-state index in [1.165, 1.54) is 11.1 Å². The van der Waals surface area contributed by atoms with Crippen molar-refractivity contribution in [1.82, 2.24) is 5.32 Å². The number of amides is 1. The van der Waals surface area contributed by atoms with Gasteiger partial charge in [-0.25, -0.2) is 0 Å². The van der Waals surface area contributed by atoms with Crippen LogP contribution in [-0.4, -0.2) is 19.1 Å². The van der Waals surface area contributed by atoms with Crippen LogP contribution in [0.2, 0.25) is 0 Å². The van der Waals surface area contributed by atoms with E-state index < -0.39 is 0 Å². The SMILES string of the molecule is O=C1NCCc2cc(NCc3cccc(OCCCc4ccccc4)c3)ccc21. The molecule has 0 atom stereocenters. The third-order valence-corrected chi connectivity index (χ3v) is 5.15. The molecule has 4 rings (SSSR count). The first kappa shape index (κ1) is 19.1. The third kappa shape index (κ3) is 5.17. The number of aryl methyl sites for hydroxylation is 1. The molecule has 0 fully saturated rings. The Morgan fingerprint density at radius 1 is 0.931 bits per heavy atom. The van der Waals surface area contributed by atoms with Crippen molar-refractivity contribution in [2.24, 2.45) is 0 Å². The minimum atomic E-state index is 0.0231. The van der Waals surface area contributed by atoms with Crippen molar-refractivity contribution < 1.29 is 9.53 Å². The second-order valence-corrected chi connectivity index (χ2v) is 7.32. The van der Waals surface area contributed by atoms with Crippen molar-refractivity contribution in [3.8, 4) is 5.75 Å². The van der Waals surface area contributed by atoms with Gasteiger partial charge in [-0.2, -0.15) is 0 Å². The molecule has 4 nitrogen and oxygen atoms in total. The summed E-state index contributed by atoms with van der Waals surface area (Å²) in [5.41, 5.74) is 5.44. The number of anilines is 1. The molecule has 0 radical (unpaired) electrons.